The number of aliphatic carboxylic acids is 1. The summed E-state index contributed by atoms with van der Waals surface area (Å²) in [5.74, 6) is -4.91. The first-order chi connectivity index (χ1) is 27.4. The zero-order valence-electron chi connectivity index (χ0n) is 37.2. The van der Waals surface area contributed by atoms with Gasteiger partial charge < -0.3 is 53.8 Å². The van der Waals surface area contributed by atoms with Crippen LogP contribution in [0.1, 0.15) is 112 Å². The Bertz CT molecular complexity index is 1560. The fourth-order valence-electron chi connectivity index (χ4n) is 11.1. The summed E-state index contributed by atoms with van der Waals surface area (Å²) in [5, 5.41) is 35.7. The van der Waals surface area contributed by atoms with Crippen LogP contribution in [0.25, 0.3) is 0 Å². The van der Waals surface area contributed by atoms with Crippen LogP contribution >= 0.6 is 0 Å². The average molecular weight is 841 g/mol. The van der Waals surface area contributed by atoms with E-state index in [0.717, 1.165) is 31.2 Å². The van der Waals surface area contributed by atoms with E-state index in [1.165, 1.54) is 7.11 Å². The van der Waals surface area contributed by atoms with E-state index in [4.69, 9.17) is 33.2 Å². The first-order valence-corrected chi connectivity index (χ1v) is 21.9. The second-order valence-corrected chi connectivity index (χ2v) is 18.9. The molecule has 6 rings (SSSR count). The molecule has 1 amide bonds. The van der Waals surface area contributed by atoms with Gasteiger partial charge in [-0.15, -0.1) is 0 Å². The number of hydrogen-bond acceptors (Lipinski definition) is 11. The van der Waals surface area contributed by atoms with Crippen LogP contribution in [-0.4, -0.2) is 143 Å². The molecule has 1 spiro atoms. The quantitative estimate of drug-likeness (QED) is 0.165. The second-order valence-electron chi connectivity index (χ2n) is 18.9. The summed E-state index contributed by atoms with van der Waals surface area (Å²) >= 11 is 0. The van der Waals surface area contributed by atoms with Gasteiger partial charge in [0.05, 0.1) is 59.8 Å². The monoisotopic (exact) mass is 840 g/mol. The van der Waals surface area contributed by atoms with Gasteiger partial charge in [-0.1, -0.05) is 71.9 Å². The predicted octanol–water partition coefficient (Wildman–Crippen LogP) is 5.87. The van der Waals surface area contributed by atoms with Crippen molar-refractivity contribution in [2.24, 2.45) is 35.5 Å². The van der Waals surface area contributed by atoms with Gasteiger partial charge in [-0.05, 0) is 76.2 Å². The number of aliphatic hydroxyl groups excluding tert-OH is 1. The van der Waals surface area contributed by atoms with Crippen molar-refractivity contribution in [3.63, 3.8) is 0 Å². The summed E-state index contributed by atoms with van der Waals surface area (Å²) in [7, 11) is 1.52. The molecule has 5 aliphatic rings. The van der Waals surface area contributed by atoms with Gasteiger partial charge in [-0.3, -0.25) is 4.79 Å². The van der Waals surface area contributed by atoms with Gasteiger partial charge in [-0.25, -0.2) is 4.79 Å². The Morgan fingerprint density at radius 2 is 1.71 bits per heavy atom. The summed E-state index contributed by atoms with van der Waals surface area (Å²) in [6.07, 6.45) is 2.52. The number of nitrogens with one attached hydrogen (secondary N) is 1. The van der Waals surface area contributed by atoms with Crippen LogP contribution in [0.15, 0.2) is 30.3 Å². The van der Waals surface area contributed by atoms with Crippen LogP contribution in [-0.2, 0) is 44.4 Å². The van der Waals surface area contributed by atoms with Gasteiger partial charge in [0.2, 0.25) is 5.79 Å². The molecule has 1 radical (unpaired) electrons. The number of rotatable bonds is 14. The Morgan fingerprint density at radius 3 is 2.37 bits per heavy atom. The number of alkyl carbamates (subject to hydrolysis) is 1. The third-order valence-corrected chi connectivity index (χ3v) is 14.8. The molecule has 0 aromatic heterocycles. The Labute approximate surface area is 373 Å². The van der Waals surface area contributed by atoms with Crippen molar-refractivity contribution in [1.29, 1.82) is 0 Å². The van der Waals surface area contributed by atoms with Crippen molar-refractivity contribution < 1.29 is 58.1 Å². The molecule has 13 nitrogen and oxygen atoms in total. The van der Waals surface area contributed by atoms with Crippen LogP contribution in [0.2, 0.25) is 0 Å². The number of benzene rings is 1. The van der Waals surface area contributed by atoms with Gasteiger partial charge in [0, 0.05) is 73.8 Å². The Hall–Kier alpha value is -1.36. The minimum atomic E-state index is -1.65. The number of amides is 1. The SMILES string of the molecule is CCC1(C2OC(C3OC(O)(COC(=O)NCCc4ccccc4)C(C)CC3C)CC2C)CCC(C2(C)CCC3(CC(O)C(C)C(C(C)C(OC)C(C)C(=O)O)O3)O2)O1.[Na]. The summed E-state index contributed by atoms with van der Waals surface area (Å²) in [6.45, 7) is 16.1. The van der Waals surface area contributed by atoms with Gasteiger partial charge >= 0.3 is 12.1 Å². The number of hydrogen-bond donors (Lipinski definition) is 4. The molecule has 5 aliphatic heterocycles. The van der Waals surface area contributed by atoms with Crippen LogP contribution < -0.4 is 5.32 Å². The van der Waals surface area contributed by atoms with Gasteiger partial charge in [0.1, 0.15) is 6.61 Å². The maximum absolute atomic E-state index is 12.6. The molecule has 1 aromatic rings. The van der Waals surface area contributed by atoms with Crippen molar-refractivity contribution in [3.8, 4) is 0 Å². The van der Waals surface area contributed by atoms with Crippen molar-refractivity contribution in [1.82, 2.24) is 5.32 Å². The smallest absolute Gasteiger partial charge is 0.407 e. The summed E-state index contributed by atoms with van der Waals surface area (Å²) in [5.41, 5.74) is -0.121. The number of ether oxygens (including phenoxy) is 7. The summed E-state index contributed by atoms with van der Waals surface area (Å²) in [6, 6.07) is 9.89. The molecule has 17 unspecified atom stereocenters. The molecule has 5 saturated heterocycles. The Kier molecular flexibility index (Phi) is 16.1. The van der Waals surface area contributed by atoms with Crippen LogP contribution in [0.3, 0.4) is 0 Å². The average Bonchev–Trinajstić information content (AvgIpc) is 3.91. The number of carbonyl (C=O) groups excluding carboxylic acids is 1. The van der Waals surface area contributed by atoms with E-state index in [0.29, 0.717) is 38.6 Å². The van der Waals surface area contributed by atoms with Crippen molar-refractivity contribution in [3.05, 3.63) is 35.9 Å². The van der Waals surface area contributed by atoms with Gasteiger partial charge in [0.15, 0.2) is 5.79 Å². The zero-order valence-corrected chi connectivity index (χ0v) is 39.2. The molecule has 59 heavy (non-hydrogen) atoms. The van der Waals surface area contributed by atoms with E-state index >= 15 is 0 Å². The first-order valence-electron chi connectivity index (χ1n) is 21.9. The Balaban J connectivity index is 0.00000661. The number of carbonyl (C=O) groups is 2. The molecule has 0 saturated carbocycles. The standard InChI is InChI=1S/C45H71NO12.Na/c1-10-43(18-16-35(55-43)42(8)19-20-44(58-42)24-33(47)29(5)38(56-44)30(6)37(52-9)31(7)40(48)49)39-27(3)23-34(54-39)36-26(2)22-28(4)45(51,57-36)25-53-41(50)46-21-17-32-14-12-11-13-15-32;/h11-15,26-31,33-39,47,51H,10,16-25H2,1-9H3,(H,46,50)(H,48,49);. The minimum absolute atomic E-state index is 0. The number of aliphatic hydroxyl groups is 2. The molecular weight excluding hydrogens is 769 g/mol. The summed E-state index contributed by atoms with van der Waals surface area (Å²) < 4.78 is 45.6. The molecule has 0 bridgehead atoms. The molecule has 17 atom stereocenters. The third-order valence-electron chi connectivity index (χ3n) is 14.8. The van der Waals surface area contributed by atoms with Gasteiger partial charge in [0.25, 0.3) is 0 Å². The predicted molar refractivity (Wildman–Crippen MR) is 220 cm³/mol. The molecule has 4 N–H and O–H groups in total. The van der Waals surface area contributed by atoms with Crippen molar-refractivity contribution >= 4 is 41.6 Å². The molecule has 1 aromatic carbocycles. The summed E-state index contributed by atoms with van der Waals surface area (Å²) in [4.78, 5) is 24.5. The van der Waals surface area contributed by atoms with E-state index in [2.05, 4.69) is 33.0 Å². The molecule has 0 aliphatic carbocycles. The maximum Gasteiger partial charge on any atom is 0.407 e. The maximum atomic E-state index is 12.6. The van der Waals surface area contributed by atoms with E-state index < -0.39 is 65.2 Å². The minimum Gasteiger partial charge on any atom is -0.481 e. The first kappa shape index (κ1) is 48.7. The molecule has 329 valence electrons. The molecular formula is C45H71NNaO12. The fourth-order valence-corrected chi connectivity index (χ4v) is 11.1. The molecule has 5 heterocycles. The third kappa shape index (κ3) is 10.2. The number of carboxylic acids is 1. The van der Waals surface area contributed by atoms with Crippen molar-refractivity contribution in [2.45, 2.75) is 179 Å². The largest absolute Gasteiger partial charge is 0.481 e. The molecule has 5 fully saturated rings. The van der Waals surface area contributed by atoms with E-state index in [9.17, 15) is 24.9 Å². The fraction of sp³-hybridized carbons (Fsp3) is 0.822. The van der Waals surface area contributed by atoms with Crippen molar-refractivity contribution in [2.75, 3.05) is 20.3 Å². The van der Waals surface area contributed by atoms with Crippen LogP contribution in [0.4, 0.5) is 4.79 Å². The van der Waals surface area contributed by atoms with E-state index in [1.807, 2.05) is 51.1 Å². The van der Waals surface area contributed by atoms with E-state index in [1.54, 1.807) is 6.92 Å². The van der Waals surface area contributed by atoms with Crippen LogP contribution in [0, 0.1) is 35.5 Å². The normalized spacial score (nSPS) is 42.5. The molecule has 14 heteroatoms. The zero-order chi connectivity index (χ0) is 42.2. The van der Waals surface area contributed by atoms with Crippen LogP contribution in [0.5, 0.6) is 0 Å². The number of carboxylic acid groups (broad SMARTS) is 1. The van der Waals surface area contributed by atoms with E-state index in [-0.39, 0.29) is 84.1 Å². The topological polar surface area (TPSA) is 171 Å². The second kappa shape index (κ2) is 19.6. The van der Waals surface area contributed by atoms with Gasteiger partial charge in [-0.2, -0.15) is 0 Å². The number of methoxy groups -OCH3 is 1. The Morgan fingerprint density at radius 1 is 1.00 bits per heavy atom.